The summed E-state index contributed by atoms with van der Waals surface area (Å²) in [6.07, 6.45) is -0.0729. The Morgan fingerprint density at radius 2 is 1.83 bits per heavy atom. The van der Waals surface area contributed by atoms with Crippen LogP contribution in [-0.4, -0.2) is 17.3 Å². The van der Waals surface area contributed by atoms with Crippen LogP contribution in [-0.2, 0) is 6.42 Å². The van der Waals surface area contributed by atoms with Crippen LogP contribution in [0.5, 0.6) is 11.5 Å². The van der Waals surface area contributed by atoms with Crippen LogP contribution in [0.15, 0.2) is 48.5 Å². The lowest BCUT2D eigenvalue weighted by Crippen LogP contribution is -2.02. The molecule has 0 spiro atoms. The molecule has 0 saturated heterocycles. The average Bonchev–Trinajstić information content (AvgIpc) is 2.40. The third-order valence-corrected chi connectivity index (χ3v) is 2.86. The van der Waals surface area contributed by atoms with Gasteiger partial charge < -0.3 is 14.9 Å². The van der Waals surface area contributed by atoms with Gasteiger partial charge in [0.1, 0.15) is 0 Å². The highest BCUT2D eigenvalue weighted by Crippen LogP contribution is 2.29. The summed E-state index contributed by atoms with van der Waals surface area (Å²) < 4.78 is 5.02. The van der Waals surface area contributed by atoms with Gasteiger partial charge in [0.15, 0.2) is 11.5 Å². The van der Waals surface area contributed by atoms with Gasteiger partial charge in [-0.25, -0.2) is 0 Å². The molecule has 0 fully saturated rings. The van der Waals surface area contributed by atoms with Crippen molar-refractivity contribution in [2.45, 2.75) is 12.5 Å². The van der Waals surface area contributed by atoms with Crippen LogP contribution in [0.25, 0.3) is 0 Å². The summed E-state index contributed by atoms with van der Waals surface area (Å²) >= 11 is 0. The van der Waals surface area contributed by atoms with Crippen molar-refractivity contribution >= 4 is 0 Å². The molecule has 0 aliphatic heterocycles. The van der Waals surface area contributed by atoms with Gasteiger partial charge in [-0.3, -0.25) is 0 Å². The predicted molar refractivity (Wildman–Crippen MR) is 69.8 cm³/mol. The topological polar surface area (TPSA) is 49.7 Å². The standard InChI is InChI=1S/C15H16O3/c1-18-15-10-12(7-8-13(15)16)14(17)9-11-5-3-2-4-6-11/h2-8,10,14,16-17H,9H2,1H3. The molecule has 0 amide bonds. The Morgan fingerprint density at radius 3 is 2.50 bits per heavy atom. The fraction of sp³-hybridized carbons (Fsp3) is 0.200. The number of ether oxygens (including phenoxy) is 1. The zero-order valence-electron chi connectivity index (χ0n) is 10.2. The third kappa shape index (κ3) is 2.81. The molecule has 2 aromatic rings. The van der Waals surface area contributed by atoms with E-state index >= 15 is 0 Å². The molecule has 3 heteroatoms. The maximum Gasteiger partial charge on any atom is 0.160 e. The Labute approximate surface area is 106 Å². The van der Waals surface area contributed by atoms with Crippen LogP contribution in [0.2, 0.25) is 0 Å². The minimum atomic E-state index is -0.609. The van der Waals surface area contributed by atoms with E-state index in [1.807, 2.05) is 30.3 Å². The SMILES string of the molecule is COc1cc(C(O)Cc2ccccc2)ccc1O. The number of benzene rings is 2. The van der Waals surface area contributed by atoms with E-state index in [4.69, 9.17) is 4.74 Å². The van der Waals surface area contributed by atoms with E-state index < -0.39 is 6.10 Å². The molecule has 3 nitrogen and oxygen atoms in total. The molecule has 2 aromatic carbocycles. The van der Waals surface area contributed by atoms with Crippen LogP contribution in [0.4, 0.5) is 0 Å². The van der Waals surface area contributed by atoms with Crippen LogP contribution in [0.3, 0.4) is 0 Å². The van der Waals surface area contributed by atoms with Crippen molar-refractivity contribution in [1.82, 2.24) is 0 Å². The molecule has 94 valence electrons. The van der Waals surface area contributed by atoms with Crippen molar-refractivity contribution in [1.29, 1.82) is 0 Å². The van der Waals surface area contributed by atoms with E-state index in [0.717, 1.165) is 11.1 Å². The zero-order chi connectivity index (χ0) is 13.0. The number of rotatable bonds is 4. The first kappa shape index (κ1) is 12.5. The lowest BCUT2D eigenvalue weighted by Gasteiger charge is -2.13. The number of hydrogen-bond acceptors (Lipinski definition) is 3. The first-order valence-electron chi connectivity index (χ1n) is 5.79. The second-order valence-corrected chi connectivity index (χ2v) is 4.14. The fourth-order valence-corrected chi connectivity index (χ4v) is 1.86. The molecule has 0 radical (unpaired) electrons. The van der Waals surface area contributed by atoms with Gasteiger partial charge >= 0.3 is 0 Å². The molecule has 0 saturated carbocycles. The Balaban J connectivity index is 2.16. The summed E-state index contributed by atoms with van der Waals surface area (Å²) in [5.41, 5.74) is 1.80. The van der Waals surface area contributed by atoms with E-state index in [2.05, 4.69) is 0 Å². The van der Waals surface area contributed by atoms with Crippen molar-refractivity contribution < 1.29 is 14.9 Å². The van der Waals surface area contributed by atoms with Crippen LogP contribution < -0.4 is 4.74 Å². The highest BCUT2D eigenvalue weighted by molar-refractivity contribution is 5.42. The summed E-state index contributed by atoms with van der Waals surface area (Å²) in [6, 6.07) is 14.7. The fourth-order valence-electron chi connectivity index (χ4n) is 1.86. The van der Waals surface area contributed by atoms with E-state index in [1.54, 1.807) is 12.1 Å². The molecule has 2 N–H and O–H groups in total. The number of aromatic hydroxyl groups is 1. The quantitative estimate of drug-likeness (QED) is 0.869. The third-order valence-electron chi connectivity index (χ3n) is 2.86. The van der Waals surface area contributed by atoms with Gasteiger partial charge in [-0.05, 0) is 23.3 Å². The van der Waals surface area contributed by atoms with Crippen molar-refractivity contribution in [3.05, 3.63) is 59.7 Å². The zero-order valence-corrected chi connectivity index (χ0v) is 10.2. The monoisotopic (exact) mass is 244 g/mol. The summed E-state index contributed by atoms with van der Waals surface area (Å²) in [7, 11) is 1.49. The molecule has 0 aliphatic carbocycles. The van der Waals surface area contributed by atoms with Crippen molar-refractivity contribution in [2.24, 2.45) is 0 Å². The number of hydrogen-bond donors (Lipinski definition) is 2. The highest BCUT2D eigenvalue weighted by Gasteiger charge is 2.11. The van der Waals surface area contributed by atoms with Gasteiger partial charge in [-0.15, -0.1) is 0 Å². The number of phenolic OH excluding ortho intramolecular Hbond substituents is 1. The Hall–Kier alpha value is -2.00. The Morgan fingerprint density at radius 1 is 1.11 bits per heavy atom. The smallest absolute Gasteiger partial charge is 0.160 e. The second-order valence-electron chi connectivity index (χ2n) is 4.14. The van der Waals surface area contributed by atoms with Gasteiger partial charge in [0.05, 0.1) is 13.2 Å². The molecule has 0 aromatic heterocycles. The molecule has 18 heavy (non-hydrogen) atoms. The minimum absolute atomic E-state index is 0.0770. The average molecular weight is 244 g/mol. The van der Waals surface area contributed by atoms with Gasteiger partial charge in [0.25, 0.3) is 0 Å². The van der Waals surface area contributed by atoms with Crippen molar-refractivity contribution in [2.75, 3.05) is 7.11 Å². The van der Waals surface area contributed by atoms with Gasteiger partial charge in [-0.2, -0.15) is 0 Å². The minimum Gasteiger partial charge on any atom is -0.504 e. The van der Waals surface area contributed by atoms with E-state index in [9.17, 15) is 10.2 Å². The largest absolute Gasteiger partial charge is 0.504 e. The van der Waals surface area contributed by atoms with Crippen molar-refractivity contribution in [3.63, 3.8) is 0 Å². The van der Waals surface area contributed by atoms with E-state index in [1.165, 1.54) is 13.2 Å². The maximum atomic E-state index is 10.1. The maximum absolute atomic E-state index is 10.1. The molecular weight excluding hydrogens is 228 g/mol. The van der Waals surface area contributed by atoms with Crippen LogP contribution in [0.1, 0.15) is 17.2 Å². The molecule has 0 bridgehead atoms. The predicted octanol–water partition coefficient (Wildman–Crippen LogP) is 2.68. The normalized spacial score (nSPS) is 12.1. The number of phenols is 1. The molecule has 1 unspecified atom stereocenters. The van der Waals surface area contributed by atoms with Gasteiger partial charge in [0, 0.05) is 6.42 Å². The summed E-state index contributed by atoms with van der Waals surface area (Å²) in [6.45, 7) is 0. The highest BCUT2D eigenvalue weighted by atomic mass is 16.5. The van der Waals surface area contributed by atoms with Crippen LogP contribution in [0, 0.1) is 0 Å². The lowest BCUT2D eigenvalue weighted by atomic mass is 10.0. The molecule has 0 heterocycles. The van der Waals surface area contributed by atoms with Crippen LogP contribution >= 0.6 is 0 Å². The molecular formula is C15H16O3. The number of aliphatic hydroxyl groups is 1. The first-order valence-corrected chi connectivity index (χ1v) is 5.79. The van der Waals surface area contributed by atoms with Gasteiger partial charge in [0.2, 0.25) is 0 Å². The Kier molecular flexibility index (Phi) is 3.85. The Bertz CT molecular complexity index is 508. The number of aliphatic hydroxyl groups excluding tert-OH is 1. The second kappa shape index (κ2) is 5.56. The lowest BCUT2D eigenvalue weighted by molar-refractivity contribution is 0.178. The van der Waals surface area contributed by atoms with E-state index in [0.29, 0.717) is 12.2 Å². The first-order chi connectivity index (χ1) is 8.70. The summed E-state index contributed by atoms with van der Waals surface area (Å²) in [5, 5.41) is 19.6. The number of methoxy groups -OCH3 is 1. The molecule has 2 rings (SSSR count). The molecule has 0 aliphatic rings. The van der Waals surface area contributed by atoms with E-state index in [-0.39, 0.29) is 5.75 Å². The summed E-state index contributed by atoms with van der Waals surface area (Å²) in [4.78, 5) is 0. The van der Waals surface area contributed by atoms with Crippen molar-refractivity contribution in [3.8, 4) is 11.5 Å². The molecule has 1 atom stereocenters. The van der Waals surface area contributed by atoms with Gasteiger partial charge in [-0.1, -0.05) is 36.4 Å². The summed E-state index contributed by atoms with van der Waals surface area (Å²) in [5.74, 6) is 0.452.